The Morgan fingerprint density at radius 1 is 1.67 bits per heavy atom. The highest BCUT2D eigenvalue weighted by Gasteiger charge is 2.24. The minimum absolute atomic E-state index is 0.769. The summed E-state index contributed by atoms with van der Waals surface area (Å²) >= 11 is 0. The van der Waals surface area contributed by atoms with Crippen LogP contribution in [0.15, 0.2) is 12.2 Å². The highest BCUT2D eigenvalue weighted by Crippen LogP contribution is 2.24. The molecule has 0 saturated heterocycles. The van der Waals surface area contributed by atoms with Gasteiger partial charge in [-0.15, -0.1) is 0 Å². The third-order valence-electron chi connectivity index (χ3n) is 1.37. The normalized spacial score (nSPS) is 30.3. The maximum absolute atomic E-state index is 2.20. The largest absolute Gasteiger partial charge is 0.125 e. The van der Waals surface area contributed by atoms with Crippen molar-refractivity contribution < 1.29 is 0 Å². The number of rotatable bonds is 0. The SMILES string of the molecule is C[C+]1C=CC1C. The molecule has 0 saturated carbocycles. The lowest BCUT2D eigenvalue weighted by molar-refractivity contribution is 0.725. The van der Waals surface area contributed by atoms with Gasteiger partial charge >= 0.3 is 0 Å². The molecule has 0 spiro atoms. The summed E-state index contributed by atoms with van der Waals surface area (Å²) in [4.78, 5) is 0. The molecule has 1 aliphatic carbocycles. The number of hydrogen-bond donors (Lipinski definition) is 0. The topological polar surface area (TPSA) is 0 Å². The van der Waals surface area contributed by atoms with Crippen LogP contribution in [0.5, 0.6) is 0 Å². The van der Waals surface area contributed by atoms with Crippen LogP contribution in [0.2, 0.25) is 0 Å². The van der Waals surface area contributed by atoms with Crippen LogP contribution in [0.25, 0.3) is 0 Å². The molecule has 0 aliphatic heterocycles. The Kier molecular flexibility index (Phi) is 0.655. The molecule has 1 atom stereocenters. The van der Waals surface area contributed by atoms with Gasteiger partial charge in [-0.1, -0.05) is 0 Å². The van der Waals surface area contributed by atoms with Gasteiger partial charge in [-0.3, -0.25) is 0 Å². The van der Waals surface area contributed by atoms with Gasteiger partial charge in [0, 0.05) is 6.92 Å². The van der Waals surface area contributed by atoms with Crippen molar-refractivity contribution in [1.82, 2.24) is 0 Å². The van der Waals surface area contributed by atoms with Gasteiger partial charge in [-0.2, -0.15) is 0 Å². The lowest BCUT2D eigenvalue weighted by Gasteiger charge is -2.07. The molecule has 6 heavy (non-hydrogen) atoms. The van der Waals surface area contributed by atoms with E-state index in [0.29, 0.717) is 0 Å². The van der Waals surface area contributed by atoms with Gasteiger partial charge in [0.05, 0.1) is 18.1 Å². The zero-order valence-electron chi connectivity index (χ0n) is 4.23. The molecule has 0 amide bonds. The maximum Gasteiger partial charge on any atom is 0.125 e. The molecule has 0 heterocycles. The molecular weight excluding hydrogens is 72.1 g/mol. The average Bonchev–Trinajstić information content (AvgIpc) is 1.61. The summed E-state index contributed by atoms with van der Waals surface area (Å²) in [6.45, 7) is 4.36. The summed E-state index contributed by atoms with van der Waals surface area (Å²) in [6.07, 6.45) is 4.36. The van der Waals surface area contributed by atoms with E-state index in [1.807, 2.05) is 0 Å². The highest BCUT2D eigenvalue weighted by atomic mass is 14.2. The monoisotopic (exact) mass is 81.1 g/mol. The second-order valence-corrected chi connectivity index (χ2v) is 1.89. The fourth-order valence-corrected chi connectivity index (χ4v) is 0.481. The molecule has 1 rings (SSSR count). The summed E-state index contributed by atoms with van der Waals surface area (Å²) in [5, 5.41) is 0. The smallest absolute Gasteiger partial charge is 0.0187 e. The fourth-order valence-electron chi connectivity index (χ4n) is 0.481. The Balaban J connectivity index is 2.45. The summed E-state index contributed by atoms with van der Waals surface area (Å²) in [6, 6.07) is 0. The predicted molar refractivity (Wildman–Crippen MR) is 27.2 cm³/mol. The molecule has 1 unspecified atom stereocenters. The molecule has 0 aromatic rings. The first-order valence-corrected chi connectivity index (χ1v) is 2.32. The molecule has 0 aromatic heterocycles. The van der Waals surface area contributed by atoms with Crippen molar-refractivity contribution in [2.24, 2.45) is 5.92 Å². The second kappa shape index (κ2) is 1.04. The summed E-state index contributed by atoms with van der Waals surface area (Å²) in [5.74, 6) is 2.28. The second-order valence-electron chi connectivity index (χ2n) is 1.89. The molecule has 0 radical (unpaired) electrons. The molecule has 32 valence electrons. The first-order valence-electron chi connectivity index (χ1n) is 2.32. The molecule has 0 fully saturated rings. The van der Waals surface area contributed by atoms with E-state index in [2.05, 4.69) is 26.0 Å². The molecule has 0 aromatic carbocycles. The Hall–Kier alpha value is -0.390. The van der Waals surface area contributed by atoms with Crippen molar-refractivity contribution in [3.05, 3.63) is 18.1 Å². The van der Waals surface area contributed by atoms with Gasteiger partial charge in [-0.05, 0) is 6.92 Å². The van der Waals surface area contributed by atoms with Crippen LogP contribution in [-0.4, -0.2) is 0 Å². The van der Waals surface area contributed by atoms with Crippen LogP contribution in [0.4, 0.5) is 0 Å². The Morgan fingerprint density at radius 2 is 2.17 bits per heavy atom. The van der Waals surface area contributed by atoms with E-state index in [9.17, 15) is 0 Å². The first kappa shape index (κ1) is 3.79. The van der Waals surface area contributed by atoms with Crippen LogP contribution in [-0.2, 0) is 0 Å². The van der Waals surface area contributed by atoms with Crippen LogP contribution in [0.3, 0.4) is 0 Å². The minimum Gasteiger partial charge on any atom is -0.0187 e. The van der Waals surface area contributed by atoms with Gasteiger partial charge < -0.3 is 0 Å². The van der Waals surface area contributed by atoms with Crippen LogP contribution < -0.4 is 0 Å². The van der Waals surface area contributed by atoms with Gasteiger partial charge in [-0.25, -0.2) is 0 Å². The van der Waals surface area contributed by atoms with E-state index in [0.717, 1.165) is 5.92 Å². The molecular formula is C6H9+. The molecule has 0 heteroatoms. The first-order chi connectivity index (χ1) is 2.80. The van der Waals surface area contributed by atoms with Crippen molar-refractivity contribution >= 4 is 0 Å². The van der Waals surface area contributed by atoms with E-state index >= 15 is 0 Å². The minimum atomic E-state index is 0.769. The van der Waals surface area contributed by atoms with E-state index in [4.69, 9.17) is 0 Å². The van der Waals surface area contributed by atoms with Crippen LogP contribution in [0.1, 0.15) is 13.8 Å². The van der Waals surface area contributed by atoms with Crippen LogP contribution >= 0.6 is 0 Å². The maximum atomic E-state index is 2.20. The molecule has 0 bridgehead atoms. The van der Waals surface area contributed by atoms with Crippen molar-refractivity contribution in [2.75, 3.05) is 0 Å². The third kappa shape index (κ3) is 0.332. The van der Waals surface area contributed by atoms with Crippen molar-refractivity contribution in [3.8, 4) is 0 Å². The lowest BCUT2D eigenvalue weighted by Crippen LogP contribution is -2.07. The average molecular weight is 81.1 g/mol. The quantitative estimate of drug-likeness (QED) is 0.390. The highest BCUT2D eigenvalue weighted by molar-refractivity contribution is 5.24. The zero-order valence-corrected chi connectivity index (χ0v) is 4.23. The molecule has 0 nitrogen and oxygen atoms in total. The number of hydrogen-bond acceptors (Lipinski definition) is 0. The van der Waals surface area contributed by atoms with Crippen LogP contribution in [0, 0.1) is 11.8 Å². The molecule has 0 N–H and O–H groups in total. The van der Waals surface area contributed by atoms with Gasteiger partial charge in [0.25, 0.3) is 0 Å². The molecule has 1 aliphatic rings. The Labute approximate surface area is 38.9 Å². The number of allylic oxidation sites excluding steroid dienone is 2. The van der Waals surface area contributed by atoms with E-state index in [1.165, 1.54) is 5.92 Å². The van der Waals surface area contributed by atoms with Gasteiger partial charge in [0.2, 0.25) is 0 Å². The zero-order chi connectivity index (χ0) is 4.57. The van der Waals surface area contributed by atoms with Gasteiger partial charge in [0.15, 0.2) is 0 Å². The van der Waals surface area contributed by atoms with Crippen molar-refractivity contribution in [3.63, 3.8) is 0 Å². The van der Waals surface area contributed by atoms with Crippen molar-refractivity contribution in [2.45, 2.75) is 13.8 Å². The van der Waals surface area contributed by atoms with E-state index in [1.54, 1.807) is 0 Å². The summed E-state index contributed by atoms with van der Waals surface area (Å²) in [5.41, 5.74) is 0. The summed E-state index contributed by atoms with van der Waals surface area (Å²) < 4.78 is 0. The standard InChI is InChI=1S/C6H9/c1-5-3-4-6(5)2/h3-5H,1-2H3/q+1. The van der Waals surface area contributed by atoms with Crippen molar-refractivity contribution in [1.29, 1.82) is 0 Å². The van der Waals surface area contributed by atoms with E-state index in [-0.39, 0.29) is 0 Å². The third-order valence-corrected chi connectivity index (χ3v) is 1.37. The predicted octanol–water partition coefficient (Wildman–Crippen LogP) is 1.79. The lowest BCUT2D eigenvalue weighted by atomic mass is 9.86. The van der Waals surface area contributed by atoms with E-state index < -0.39 is 0 Å². The fraction of sp³-hybridized carbons (Fsp3) is 0.500. The van der Waals surface area contributed by atoms with Gasteiger partial charge in [0.1, 0.15) is 5.92 Å². The Morgan fingerprint density at radius 3 is 2.17 bits per heavy atom. The Bertz CT molecular complexity index is 62.1. The summed E-state index contributed by atoms with van der Waals surface area (Å²) in [7, 11) is 0.